The predicted octanol–water partition coefficient (Wildman–Crippen LogP) is 5.18. The van der Waals surface area contributed by atoms with E-state index in [-0.39, 0.29) is 24.3 Å². The average Bonchev–Trinajstić information content (AvgIpc) is 2.34. The lowest BCUT2D eigenvalue weighted by Crippen LogP contribution is -2.04. The monoisotopic (exact) mass is 324 g/mol. The SMILES string of the molecule is FC(F)=C(c1c(F)cc(F)cc1F)c1c(F)cc(F)cc1F. The van der Waals surface area contributed by atoms with E-state index in [1.807, 2.05) is 0 Å². The smallest absolute Gasteiger partial charge is 0.207 e. The standard InChI is InChI=1S/C14H4F8/c15-5-1-7(17)11(8(18)2-5)13(14(21)22)12-9(19)3-6(16)4-10(12)20/h1-4H. The fourth-order valence-electron chi connectivity index (χ4n) is 1.88. The quantitative estimate of drug-likeness (QED) is 0.668. The van der Waals surface area contributed by atoms with Crippen LogP contribution < -0.4 is 0 Å². The van der Waals surface area contributed by atoms with E-state index in [1.54, 1.807) is 0 Å². The maximum absolute atomic E-state index is 13.6. The molecular weight excluding hydrogens is 320 g/mol. The Labute approximate surface area is 118 Å². The van der Waals surface area contributed by atoms with Crippen molar-refractivity contribution in [3.63, 3.8) is 0 Å². The predicted molar refractivity (Wildman–Crippen MR) is 60.9 cm³/mol. The van der Waals surface area contributed by atoms with Crippen LogP contribution in [0.25, 0.3) is 5.57 Å². The minimum atomic E-state index is -2.83. The summed E-state index contributed by atoms with van der Waals surface area (Å²) in [7, 11) is 0. The van der Waals surface area contributed by atoms with E-state index in [0.717, 1.165) is 0 Å². The summed E-state index contributed by atoms with van der Waals surface area (Å²) in [4.78, 5) is 0. The van der Waals surface area contributed by atoms with Gasteiger partial charge in [0.25, 0.3) is 6.08 Å². The van der Waals surface area contributed by atoms with Gasteiger partial charge in [0, 0.05) is 24.3 Å². The van der Waals surface area contributed by atoms with Crippen molar-refractivity contribution < 1.29 is 35.1 Å². The van der Waals surface area contributed by atoms with Crippen molar-refractivity contribution in [3.8, 4) is 0 Å². The lowest BCUT2D eigenvalue weighted by molar-refractivity contribution is 0.422. The van der Waals surface area contributed by atoms with Crippen LogP contribution in [0.3, 0.4) is 0 Å². The van der Waals surface area contributed by atoms with Gasteiger partial charge in [-0.1, -0.05) is 0 Å². The zero-order valence-electron chi connectivity index (χ0n) is 10.3. The van der Waals surface area contributed by atoms with E-state index in [2.05, 4.69) is 0 Å². The molecule has 0 atom stereocenters. The third kappa shape index (κ3) is 2.81. The first-order valence-corrected chi connectivity index (χ1v) is 5.57. The van der Waals surface area contributed by atoms with Crippen molar-refractivity contribution in [1.29, 1.82) is 0 Å². The highest BCUT2D eigenvalue weighted by Crippen LogP contribution is 2.35. The van der Waals surface area contributed by atoms with Crippen molar-refractivity contribution in [2.24, 2.45) is 0 Å². The largest absolute Gasteiger partial charge is 0.279 e. The molecule has 0 bridgehead atoms. The van der Waals surface area contributed by atoms with Crippen molar-refractivity contribution in [3.05, 3.63) is 76.4 Å². The molecule has 22 heavy (non-hydrogen) atoms. The molecule has 0 saturated heterocycles. The number of hydrogen-bond donors (Lipinski definition) is 0. The summed E-state index contributed by atoms with van der Waals surface area (Å²) in [6.45, 7) is 0. The zero-order valence-corrected chi connectivity index (χ0v) is 10.3. The highest BCUT2D eigenvalue weighted by molar-refractivity contribution is 5.81. The summed E-state index contributed by atoms with van der Waals surface area (Å²) in [5, 5.41) is 0. The summed E-state index contributed by atoms with van der Waals surface area (Å²) >= 11 is 0. The number of rotatable bonds is 2. The van der Waals surface area contributed by atoms with Gasteiger partial charge in [0.15, 0.2) is 0 Å². The number of hydrogen-bond acceptors (Lipinski definition) is 0. The topological polar surface area (TPSA) is 0 Å². The second-order valence-corrected chi connectivity index (χ2v) is 4.12. The molecule has 0 nitrogen and oxygen atoms in total. The lowest BCUT2D eigenvalue weighted by atomic mass is 9.96. The van der Waals surface area contributed by atoms with Crippen LogP contribution in [0.2, 0.25) is 0 Å². The summed E-state index contributed by atoms with van der Waals surface area (Å²) in [5.74, 6) is -9.96. The van der Waals surface area contributed by atoms with Crippen LogP contribution in [0.5, 0.6) is 0 Å². The molecule has 0 aromatic heterocycles. The molecule has 0 aliphatic carbocycles. The molecule has 0 aliphatic rings. The van der Waals surface area contributed by atoms with Gasteiger partial charge in [0.2, 0.25) is 0 Å². The van der Waals surface area contributed by atoms with Gasteiger partial charge in [-0.3, -0.25) is 0 Å². The third-order valence-corrected chi connectivity index (χ3v) is 2.70. The van der Waals surface area contributed by atoms with E-state index in [1.165, 1.54) is 0 Å². The van der Waals surface area contributed by atoms with Gasteiger partial charge in [-0.25, -0.2) is 26.3 Å². The molecule has 0 saturated carbocycles. The minimum Gasteiger partial charge on any atom is -0.207 e. The van der Waals surface area contributed by atoms with Crippen LogP contribution in [0, 0.1) is 34.9 Å². The molecule has 0 heterocycles. The van der Waals surface area contributed by atoms with Crippen LogP contribution in [0.1, 0.15) is 11.1 Å². The lowest BCUT2D eigenvalue weighted by Gasteiger charge is -2.12. The normalized spacial score (nSPS) is 10.7. The molecule has 0 amide bonds. The van der Waals surface area contributed by atoms with Crippen LogP contribution in [-0.4, -0.2) is 0 Å². The molecular formula is C14H4F8. The van der Waals surface area contributed by atoms with Gasteiger partial charge < -0.3 is 0 Å². The average molecular weight is 324 g/mol. The first-order chi connectivity index (χ1) is 10.2. The molecule has 0 aliphatic heterocycles. The highest BCUT2D eigenvalue weighted by Gasteiger charge is 2.27. The van der Waals surface area contributed by atoms with Gasteiger partial charge in [0.05, 0.1) is 16.7 Å². The van der Waals surface area contributed by atoms with E-state index < -0.39 is 57.7 Å². The summed E-state index contributed by atoms with van der Waals surface area (Å²) in [6.07, 6.45) is -2.83. The van der Waals surface area contributed by atoms with Gasteiger partial charge >= 0.3 is 0 Å². The first kappa shape index (κ1) is 16.0. The Morgan fingerprint density at radius 2 is 0.818 bits per heavy atom. The number of halogens is 8. The van der Waals surface area contributed by atoms with Crippen molar-refractivity contribution in [2.75, 3.05) is 0 Å². The third-order valence-electron chi connectivity index (χ3n) is 2.70. The van der Waals surface area contributed by atoms with Crippen LogP contribution >= 0.6 is 0 Å². The van der Waals surface area contributed by atoms with E-state index in [9.17, 15) is 35.1 Å². The molecule has 2 aromatic carbocycles. The molecule has 2 aromatic rings. The van der Waals surface area contributed by atoms with Crippen molar-refractivity contribution in [2.45, 2.75) is 0 Å². The van der Waals surface area contributed by atoms with Gasteiger partial charge in [-0.2, -0.15) is 8.78 Å². The zero-order chi connectivity index (χ0) is 16.6. The summed E-state index contributed by atoms with van der Waals surface area (Å²) in [6, 6.07) is 0.281. The van der Waals surface area contributed by atoms with Gasteiger partial charge in [-0.05, 0) is 0 Å². The van der Waals surface area contributed by atoms with E-state index >= 15 is 0 Å². The minimum absolute atomic E-state index is 0.0701. The first-order valence-electron chi connectivity index (χ1n) is 5.57. The summed E-state index contributed by atoms with van der Waals surface area (Å²) < 4.78 is 106. The van der Waals surface area contributed by atoms with Crippen molar-refractivity contribution in [1.82, 2.24) is 0 Å². The van der Waals surface area contributed by atoms with Crippen molar-refractivity contribution >= 4 is 5.57 Å². The van der Waals surface area contributed by atoms with Crippen LogP contribution in [-0.2, 0) is 0 Å². The van der Waals surface area contributed by atoms with Crippen LogP contribution in [0.4, 0.5) is 35.1 Å². The van der Waals surface area contributed by atoms with E-state index in [0.29, 0.717) is 0 Å². The molecule has 8 heteroatoms. The fourth-order valence-corrected chi connectivity index (χ4v) is 1.88. The summed E-state index contributed by atoms with van der Waals surface area (Å²) in [5.41, 5.74) is -4.80. The Balaban J connectivity index is 2.84. The van der Waals surface area contributed by atoms with Gasteiger partial charge in [-0.15, -0.1) is 0 Å². The Bertz CT molecular complexity index is 669. The highest BCUT2D eigenvalue weighted by atomic mass is 19.3. The molecule has 0 radical (unpaired) electrons. The van der Waals surface area contributed by atoms with Crippen LogP contribution in [0.15, 0.2) is 30.3 Å². The maximum atomic E-state index is 13.6. The number of benzene rings is 2. The molecule has 0 fully saturated rings. The Hall–Kier alpha value is -2.38. The molecule has 0 spiro atoms. The molecule has 116 valence electrons. The Kier molecular flexibility index (Phi) is 4.20. The maximum Gasteiger partial charge on any atom is 0.279 e. The molecule has 0 N–H and O–H groups in total. The fraction of sp³-hybridized carbons (Fsp3) is 0. The Morgan fingerprint density at radius 3 is 1.05 bits per heavy atom. The van der Waals surface area contributed by atoms with Gasteiger partial charge in [0.1, 0.15) is 34.9 Å². The second kappa shape index (κ2) is 5.78. The Morgan fingerprint density at radius 1 is 0.545 bits per heavy atom. The second-order valence-electron chi connectivity index (χ2n) is 4.12. The molecule has 2 rings (SSSR count). The van der Waals surface area contributed by atoms with E-state index in [4.69, 9.17) is 0 Å². The molecule has 0 unspecified atom stereocenters.